The van der Waals surface area contributed by atoms with Crippen LogP contribution in [0.2, 0.25) is 0 Å². The second-order valence-electron chi connectivity index (χ2n) is 4.46. The van der Waals surface area contributed by atoms with E-state index in [1.165, 1.54) is 0 Å². The predicted molar refractivity (Wildman–Crippen MR) is 69.3 cm³/mol. The number of nitrogens with zero attached hydrogens (tertiary/aromatic N) is 1. The molecule has 0 saturated heterocycles. The fourth-order valence-corrected chi connectivity index (χ4v) is 1.87. The molecule has 0 fully saturated rings. The van der Waals surface area contributed by atoms with Gasteiger partial charge < -0.3 is 10.4 Å². The molecule has 0 aliphatic rings. The molecule has 9 heteroatoms. The maximum Gasteiger partial charge on any atom is 0.326 e. The molecule has 0 spiro atoms. The van der Waals surface area contributed by atoms with Crippen LogP contribution in [0.3, 0.4) is 0 Å². The van der Waals surface area contributed by atoms with Crippen molar-refractivity contribution in [2.45, 2.75) is 24.8 Å². The Morgan fingerprint density at radius 1 is 1.35 bits per heavy atom. The third-order valence-electron chi connectivity index (χ3n) is 2.52. The Hall–Kier alpha value is -2.00. The number of carboxylic acid groups (broad SMARTS) is 1. The minimum atomic E-state index is -3.88. The van der Waals surface area contributed by atoms with E-state index in [2.05, 4.69) is 10.3 Å². The number of pyridine rings is 1. The molecule has 1 aromatic heterocycles. The van der Waals surface area contributed by atoms with Crippen LogP contribution in [0, 0.1) is 5.92 Å². The van der Waals surface area contributed by atoms with Gasteiger partial charge in [0.25, 0.3) is 5.91 Å². The number of primary sulfonamides is 1. The summed E-state index contributed by atoms with van der Waals surface area (Å²) in [4.78, 5) is 26.2. The number of carbonyl (C=O) groups is 2. The summed E-state index contributed by atoms with van der Waals surface area (Å²) in [6.07, 6.45) is 0.940. The number of hydrogen-bond donors (Lipinski definition) is 3. The Balaban J connectivity index is 2.91. The van der Waals surface area contributed by atoms with Crippen molar-refractivity contribution in [1.29, 1.82) is 0 Å². The van der Waals surface area contributed by atoms with Crippen molar-refractivity contribution >= 4 is 21.9 Å². The lowest BCUT2D eigenvalue weighted by Crippen LogP contribution is -2.44. The number of aliphatic carboxylic acids is 1. The van der Waals surface area contributed by atoms with Gasteiger partial charge in [0.15, 0.2) is 0 Å². The SMILES string of the molecule is CC(C)[C@@H](NC(=O)c1ccc(S(N)(=O)=O)cn1)C(=O)O. The Morgan fingerprint density at radius 2 is 1.95 bits per heavy atom. The molecule has 1 rings (SSSR count). The Bertz CT molecular complexity index is 609. The smallest absolute Gasteiger partial charge is 0.326 e. The molecule has 0 radical (unpaired) electrons. The molecular formula is C11H15N3O5S. The maximum atomic E-state index is 11.8. The van der Waals surface area contributed by atoms with E-state index < -0.39 is 27.9 Å². The van der Waals surface area contributed by atoms with Crippen LogP contribution in [0.15, 0.2) is 23.2 Å². The van der Waals surface area contributed by atoms with Gasteiger partial charge in [0.2, 0.25) is 10.0 Å². The van der Waals surface area contributed by atoms with E-state index in [0.717, 1.165) is 18.3 Å². The highest BCUT2D eigenvalue weighted by molar-refractivity contribution is 7.89. The van der Waals surface area contributed by atoms with Gasteiger partial charge in [0, 0.05) is 6.20 Å². The molecule has 110 valence electrons. The number of nitrogens with one attached hydrogen (secondary N) is 1. The summed E-state index contributed by atoms with van der Waals surface area (Å²) in [7, 11) is -3.88. The van der Waals surface area contributed by atoms with Crippen molar-refractivity contribution in [3.63, 3.8) is 0 Å². The Morgan fingerprint density at radius 3 is 2.30 bits per heavy atom. The van der Waals surface area contributed by atoms with Gasteiger partial charge in [-0.25, -0.2) is 23.3 Å². The Kier molecular flexibility index (Phi) is 4.79. The van der Waals surface area contributed by atoms with E-state index in [-0.39, 0.29) is 16.5 Å². The van der Waals surface area contributed by atoms with Crippen LogP contribution in [0.5, 0.6) is 0 Å². The van der Waals surface area contributed by atoms with Crippen LogP contribution < -0.4 is 10.5 Å². The number of aromatic nitrogens is 1. The van der Waals surface area contributed by atoms with E-state index in [1.54, 1.807) is 13.8 Å². The first-order chi connectivity index (χ1) is 9.12. The van der Waals surface area contributed by atoms with E-state index in [0.29, 0.717) is 0 Å². The largest absolute Gasteiger partial charge is 0.480 e. The van der Waals surface area contributed by atoms with Gasteiger partial charge in [-0.05, 0) is 18.1 Å². The van der Waals surface area contributed by atoms with Crippen molar-refractivity contribution in [1.82, 2.24) is 10.3 Å². The average Bonchev–Trinajstić information content (AvgIpc) is 2.34. The zero-order valence-corrected chi connectivity index (χ0v) is 11.7. The molecule has 8 nitrogen and oxygen atoms in total. The quantitative estimate of drug-likeness (QED) is 0.674. The van der Waals surface area contributed by atoms with Crippen LogP contribution in [0.1, 0.15) is 24.3 Å². The molecule has 1 aromatic rings. The highest BCUT2D eigenvalue weighted by atomic mass is 32.2. The lowest BCUT2D eigenvalue weighted by Gasteiger charge is -2.17. The number of hydrogen-bond acceptors (Lipinski definition) is 5. The van der Waals surface area contributed by atoms with Gasteiger partial charge in [-0.1, -0.05) is 13.8 Å². The van der Waals surface area contributed by atoms with Crippen molar-refractivity contribution < 1.29 is 23.1 Å². The summed E-state index contributed by atoms with van der Waals surface area (Å²) in [5, 5.41) is 16.2. The van der Waals surface area contributed by atoms with Gasteiger partial charge in [-0.3, -0.25) is 4.79 Å². The van der Waals surface area contributed by atoms with E-state index in [1.807, 2.05) is 0 Å². The number of amides is 1. The molecule has 0 aliphatic heterocycles. The van der Waals surface area contributed by atoms with Crippen molar-refractivity contribution in [2.75, 3.05) is 0 Å². The first kappa shape index (κ1) is 16.1. The molecule has 4 N–H and O–H groups in total. The fourth-order valence-electron chi connectivity index (χ4n) is 1.41. The molecule has 0 aliphatic carbocycles. The first-order valence-corrected chi connectivity index (χ1v) is 7.20. The molecule has 0 bridgehead atoms. The molecule has 1 heterocycles. The van der Waals surface area contributed by atoms with Crippen LogP contribution >= 0.6 is 0 Å². The third kappa shape index (κ3) is 4.00. The molecule has 20 heavy (non-hydrogen) atoms. The number of nitrogens with two attached hydrogens (primary N) is 1. The molecule has 0 saturated carbocycles. The maximum absolute atomic E-state index is 11.8. The molecule has 1 atom stereocenters. The third-order valence-corrected chi connectivity index (χ3v) is 3.42. The summed E-state index contributed by atoms with van der Waals surface area (Å²) in [6.45, 7) is 3.30. The van der Waals surface area contributed by atoms with Gasteiger partial charge in [-0.15, -0.1) is 0 Å². The van der Waals surface area contributed by atoms with Crippen LogP contribution in [-0.4, -0.2) is 36.4 Å². The molecule has 1 amide bonds. The van der Waals surface area contributed by atoms with Crippen LogP contribution in [0.4, 0.5) is 0 Å². The molecule has 0 unspecified atom stereocenters. The summed E-state index contributed by atoms with van der Waals surface area (Å²) < 4.78 is 22.1. The number of rotatable bonds is 5. The standard InChI is InChI=1S/C11H15N3O5S/c1-6(2)9(11(16)17)14-10(15)8-4-3-7(5-13-8)20(12,18)19/h3-6,9H,1-2H3,(H,14,15)(H,16,17)(H2,12,18,19)/t9-/m1/s1. The molecular weight excluding hydrogens is 286 g/mol. The van der Waals surface area contributed by atoms with E-state index >= 15 is 0 Å². The fraction of sp³-hybridized carbons (Fsp3) is 0.364. The minimum Gasteiger partial charge on any atom is -0.480 e. The lowest BCUT2D eigenvalue weighted by atomic mass is 10.0. The van der Waals surface area contributed by atoms with Crippen molar-refractivity contribution in [3.05, 3.63) is 24.0 Å². The number of carboxylic acids is 1. The summed E-state index contributed by atoms with van der Waals surface area (Å²) in [6, 6.07) is 1.23. The van der Waals surface area contributed by atoms with Gasteiger partial charge in [0.1, 0.15) is 16.6 Å². The van der Waals surface area contributed by atoms with Crippen molar-refractivity contribution in [2.24, 2.45) is 11.1 Å². The van der Waals surface area contributed by atoms with Crippen LogP contribution in [-0.2, 0) is 14.8 Å². The number of carbonyl (C=O) groups excluding carboxylic acids is 1. The van der Waals surface area contributed by atoms with Gasteiger partial charge in [-0.2, -0.15) is 0 Å². The monoisotopic (exact) mass is 301 g/mol. The predicted octanol–water partition coefficient (Wildman–Crippen LogP) is -0.432. The highest BCUT2D eigenvalue weighted by Crippen LogP contribution is 2.07. The van der Waals surface area contributed by atoms with Gasteiger partial charge in [0.05, 0.1) is 0 Å². The molecule has 0 aromatic carbocycles. The normalized spacial score (nSPS) is 13.0. The summed E-state index contributed by atoms with van der Waals surface area (Å²) >= 11 is 0. The number of sulfonamides is 1. The zero-order chi connectivity index (χ0) is 15.5. The minimum absolute atomic E-state index is 0.0932. The van der Waals surface area contributed by atoms with E-state index in [9.17, 15) is 18.0 Å². The zero-order valence-electron chi connectivity index (χ0n) is 10.9. The van der Waals surface area contributed by atoms with Gasteiger partial charge >= 0.3 is 5.97 Å². The lowest BCUT2D eigenvalue weighted by molar-refractivity contribution is -0.140. The topological polar surface area (TPSA) is 139 Å². The summed E-state index contributed by atoms with van der Waals surface area (Å²) in [5.74, 6) is -2.17. The second-order valence-corrected chi connectivity index (χ2v) is 6.02. The van der Waals surface area contributed by atoms with Crippen LogP contribution in [0.25, 0.3) is 0 Å². The highest BCUT2D eigenvalue weighted by Gasteiger charge is 2.24. The Labute approximate surface area is 116 Å². The first-order valence-electron chi connectivity index (χ1n) is 5.65. The van der Waals surface area contributed by atoms with Crippen molar-refractivity contribution in [3.8, 4) is 0 Å². The summed E-state index contributed by atoms with van der Waals surface area (Å²) in [5.41, 5.74) is -0.0932. The average molecular weight is 301 g/mol. The van der Waals surface area contributed by atoms with E-state index in [4.69, 9.17) is 10.2 Å². The second kappa shape index (κ2) is 5.97.